The number of Topliss-reactive ketones (excluding diaryl/α,β-unsaturated/α-hetero) is 1. The van der Waals surface area contributed by atoms with Crippen LogP contribution >= 0.6 is 0 Å². The van der Waals surface area contributed by atoms with Gasteiger partial charge in [-0.1, -0.05) is 97.1 Å². The molecule has 12 nitrogen and oxygen atoms in total. The molecule has 0 spiro atoms. The van der Waals surface area contributed by atoms with Gasteiger partial charge in [-0.2, -0.15) is 0 Å². The Balaban J connectivity index is 1.50. The molecule has 5 N–H and O–H groups in total. The average Bonchev–Trinajstić information content (AvgIpc) is 3.73. The first-order valence-electron chi connectivity index (χ1n) is 17.9. The van der Waals surface area contributed by atoms with E-state index in [4.69, 9.17) is 10.5 Å². The number of esters is 1. The van der Waals surface area contributed by atoms with Crippen molar-refractivity contribution in [3.63, 3.8) is 0 Å². The molecular weight excluding hydrogens is 626 g/mol. The van der Waals surface area contributed by atoms with E-state index in [1.165, 1.54) is 4.90 Å². The number of hydrogen-bond donors (Lipinski definition) is 4. The number of rotatable bonds is 14. The fourth-order valence-corrected chi connectivity index (χ4v) is 7.43. The molecule has 49 heavy (non-hydrogen) atoms. The van der Waals surface area contributed by atoms with Gasteiger partial charge in [-0.3, -0.25) is 19.2 Å². The van der Waals surface area contributed by atoms with Crippen molar-refractivity contribution < 1.29 is 33.5 Å². The van der Waals surface area contributed by atoms with Gasteiger partial charge in [0.2, 0.25) is 17.6 Å². The molecule has 270 valence electrons. The second-order valence-corrected chi connectivity index (χ2v) is 15.5. The zero-order valence-corrected chi connectivity index (χ0v) is 29.7. The molecule has 3 aliphatic rings. The number of carbonyl (C=O) groups excluding carboxylic acids is 6. The zero-order chi connectivity index (χ0) is 35.9. The molecule has 4 rings (SSSR count). The first kappa shape index (κ1) is 37.9. The summed E-state index contributed by atoms with van der Waals surface area (Å²) >= 11 is 0. The molecule has 12 heteroatoms. The van der Waals surface area contributed by atoms with E-state index >= 15 is 0 Å². The molecule has 1 aromatic rings. The average molecular weight is 682 g/mol. The fraction of sp³-hybridized carbons (Fsp3) is 0.676. The molecular formula is C37H55N5O7. The number of benzene rings is 1. The smallest absolute Gasteiger partial charge is 0.329 e. The van der Waals surface area contributed by atoms with Crippen molar-refractivity contribution in [1.82, 2.24) is 20.9 Å². The Bertz CT molecular complexity index is 1350. The lowest BCUT2D eigenvalue weighted by Crippen LogP contribution is -2.62. The number of amides is 5. The summed E-state index contributed by atoms with van der Waals surface area (Å²) in [5, 5.41) is 8.45. The normalized spacial score (nSPS) is 21.7. The molecule has 2 saturated carbocycles. The summed E-state index contributed by atoms with van der Waals surface area (Å²) in [6, 6.07) is 4.75. The fourth-order valence-electron chi connectivity index (χ4n) is 7.43. The summed E-state index contributed by atoms with van der Waals surface area (Å²) in [4.78, 5) is 81.4. The molecule has 5 atom stereocenters. The van der Waals surface area contributed by atoms with Crippen LogP contribution in [0.15, 0.2) is 30.3 Å². The van der Waals surface area contributed by atoms with Crippen molar-refractivity contribution in [3.05, 3.63) is 35.9 Å². The highest BCUT2D eigenvalue weighted by Crippen LogP contribution is 2.35. The largest absolute Gasteiger partial charge is 0.459 e. The number of nitrogens with one attached hydrogen (secondary N) is 3. The van der Waals surface area contributed by atoms with E-state index < -0.39 is 65.1 Å². The summed E-state index contributed by atoms with van der Waals surface area (Å²) in [6.45, 7) is 9.79. The molecule has 5 amide bonds. The Morgan fingerprint density at radius 3 is 2.10 bits per heavy atom. The van der Waals surface area contributed by atoms with Crippen LogP contribution in [0.2, 0.25) is 0 Å². The molecule has 2 unspecified atom stereocenters. The van der Waals surface area contributed by atoms with Gasteiger partial charge >= 0.3 is 12.0 Å². The SMILES string of the molecule is CC(C)C1CCN(C(=O)[C@@H](NC(=O)N[C@H](C(=O)OCc2ccccc2)C2CCCC2)C(C)(C)C)[C@@H]1C(=O)NC(CC1CCC1)C(=O)C(N)=O. The molecule has 1 aliphatic heterocycles. The number of ketones is 1. The van der Waals surface area contributed by atoms with Crippen molar-refractivity contribution in [3.8, 4) is 0 Å². The Morgan fingerprint density at radius 1 is 0.898 bits per heavy atom. The molecule has 0 radical (unpaired) electrons. The van der Waals surface area contributed by atoms with Crippen molar-refractivity contribution >= 4 is 35.5 Å². The Kier molecular flexibility index (Phi) is 12.8. The van der Waals surface area contributed by atoms with Crippen LogP contribution in [-0.2, 0) is 35.3 Å². The van der Waals surface area contributed by atoms with E-state index in [9.17, 15) is 28.8 Å². The van der Waals surface area contributed by atoms with E-state index in [0.717, 1.165) is 50.5 Å². The van der Waals surface area contributed by atoms with Crippen LogP contribution in [0.4, 0.5) is 4.79 Å². The minimum Gasteiger partial charge on any atom is -0.459 e. The van der Waals surface area contributed by atoms with Crippen LogP contribution < -0.4 is 21.7 Å². The van der Waals surface area contributed by atoms with Gasteiger partial charge in [0.1, 0.15) is 24.7 Å². The van der Waals surface area contributed by atoms with E-state index in [2.05, 4.69) is 16.0 Å². The lowest BCUT2D eigenvalue weighted by Gasteiger charge is -2.37. The maximum atomic E-state index is 14.4. The monoisotopic (exact) mass is 681 g/mol. The Labute approximate surface area is 290 Å². The zero-order valence-electron chi connectivity index (χ0n) is 29.7. The van der Waals surface area contributed by atoms with Crippen LogP contribution in [0.3, 0.4) is 0 Å². The van der Waals surface area contributed by atoms with E-state index in [1.54, 1.807) is 0 Å². The molecule has 3 fully saturated rings. The van der Waals surface area contributed by atoms with Gasteiger partial charge < -0.3 is 31.3 Å². The summed E-state index contributed by atoms with van der Waals surface area (Å²) < 4.78 is 5.62. The number of hydrogen-bond acceptors (Lipinski definition) is 7. The lowest BCUT2D eigenvalue weighted by molar-refractivity contribution is -0.148. The quantitative estimate of drug-likeness (QED) is 0.171. The van der Waals surface area contributed by atoms with Gasteiger partial charge in [0.25, 0.3) is 5.91 Å². The minimum absolute atomic E-state index is 0.0314. The van der Waals surface area contributed by atoms with Gasteiger partial charge in [-0.15, -0.1) is 0 Å². The summed E-state index contributed by atoms with van der Waals surface area (Å²) in [6.07, 6.45) is 7.16. The van der Waals surface area contributed by atoms with Crippen LogP contribution in [-0.4, -0.2) is 71.1 Å². The summed E-state index contributed by atoms with van der Waals surface area (Å²) in [5.41, 5.74) is 5.41. The molecule has 1 heterocycles. The van der Waals surface area contributed by atoms with Crippen molar-refractivity contribution in [1.29, 1.82) is 0 Å². The van der Waals surface area contributed by atoms with Crippen molar-refractivity contribution in [2.24, 2.45) is 34.8 Å². The van der Waals surface area contributed by atoms with Crippen LogP contribution in [0.5, 0.6) is 0 Å². The van der Waals surface area contributed by atoms with E-state index in [-0.39, 0.29) is 36.8 Å². The third-order valence-electron chi connectivity index (χ3n) is 10.5. The topological polar surface area (TPSA) is 177 Å². The predicted octanol–water partition coefficient (Wildman–Crippen LogP) is 3.61. The second kappa shape index (κ2) is 16.6. The van der Waals surface area contributed by atoms with Gasteiger partial charge in [-0.05, 0) is 60.3 Å². The highest BCUT2D eigenvalue weighted by molar-refractivity contribution is 6.37. The van der Waals surface area contributed by atoms with Crippen molar-refractivity contribution in [2.75, 3.05) is 6.54 Å². The second-order valence-electron chi connectivity index (χ2n) is 15.5. The summed E-state index contributed by atoms with van der Waals surface area (Å²) in [5.74, 6) is -3.48. The van der Waals surface area contributed by atoms with Gasteiger partial charge in [0.05, 0.1) is 6.04 Å². The molecule has 1 saturated heterocycles. The van der Waals surface area contributed by atoms with Gasteiger partial charge in [0, 0.05) is 6.54 Å². The first-order chi connectivity index (χ1) is 23.2. The van der Waals surface area contributed by atoms with Crippen molar-refractivity contribution in [2.45, 2.75) is 123 Å². The third-order valence-corrected chi connectivity index (χ3v) is 10.5. The number of urea groups is 1. The number of primary amides is 1. The molecule has 0 bridgehead atoms. The number of nitrogens with zero attached hydrogens (tertiary/aromatic N) is 1. The van der Waals surface area contributed by atoms with E-state index in [0.29, 0.717) is 12.8 Å². The van der Waals surface area contributed by atoms with Crippen LogP contribution in [0.25, 0.3) is 0 Å². The maximum Gasteiger partial charge on any atom is 0.329 e. The molecule has 0 aromatic heterocycles. The number of ether oxygens (including phenoxy) is 1. The number of nitrogens with two attached hydrogens (primary N) is 1. The van der Waals surface area contributed by atoms with Crippen LogP contribution in [0, 0.1) is 29.1 Å². The van der Waals surface area contributed by atoms with Gasteiger partial charge in [-0.25, -0.2) is 9.59 Å². The van der Waals surface area contributed by atoms with E-state index in [1.807, 2.05) is 65.0 Å². The third kappa shape index (κ3) is 9.82. The Hall–Kier alpha value is -3.96. The number of carbonyl (C=O) groups is 6. The van der Waals surface area contributed by atoms with Crippen LogP contribution in [0.1, 0.15) is 98.0 Å². The maximum absolute atomic E-state index is 14.4. The molecule has 2 aliphatic carbocycles. The highest BCUT2D eigenvalue weighted by atomic mass is 16.5. The molecule has 1 aromatic carbocycles. The van der Waals surface area contributed by atoms with Gasteiger partial charge in [0.15, 0.2) is 0 Å². The minimum atomic E-state index is -1.10. The standard InChI is InChI=1S/C37H55N5O7/c1-22(2)26-18-19-42(29(26)33(45)39-27(30(43)32(38)44)20-23-14-11-15-23)34(46)31(37(3,4)5)41-36(48)40-28(25-16-9-10-17-25)35(47)49-21-24-12-7-6-8-13-24/h6-8,12-13,22-23,25-29,31H,9-11,14-21H2,1-5H3,(H2,38,44)(H,39,45)(H2,40,41,48)/t26?,27?,28-,29-,31+/m0/s1. The Morgan fingerprint density at radius 2 is 1.55 bits per heavy atom. The predicted molar refractivity (Wildman–Crippen MR) is 183 cm³/mol. The first-order valence-corrected chi connectivity index (χ1v) is 17.9. The lowest BCUT2D eigenvalue weighted by atomic mass is 9.80. The summed E-state index contributed by atoms with van der Waals surface area (Å²) in [7, 11) is 0. The highest BCUT2D eigenvalue weighted by Gasteiger charge is 2.48. The number of likely N-dealkylation sites (tertiary alicyclic amines) is 1.